The number of nitrogens with zero attached hydrogens (tertiary/aromatic N) is 1. The maximum Gasteiger partial charge on any atom is 0.351 e. The molecule has 5 nitrogen and oxygen atoms in total. The lowest BCUT2D eigenvalue weighted by atomic mass is 10.0. The molecule has 0 spiro atoms. The van der Waals surface area contributed by atoms with E-state index in [4.69, 9.17) is 32.7 Å². The van der Waals surface area contributed by atoms with Crippen LogP contribution in [-0.2, 0) is 4.74 Å². The average Bonchev–Trinajstić information content (AvgIpc) is 2.78. The Kier molecular flexibility index (Phi) is 4.94. The molecule has 0 bridgehead atoms. The fourth-order valence-electron chi connectivity index (χ4n) is 2.43. The molecule has 8 heteroatoms. The van der Waals surface area contributed by atoms with Crippen LogP contribution in [0.1, 0.15) is 34.1 Å². The first-order valence-electron chi connectivity index (χ1n) is 7.02. The van der Waals surface area contributed by atoms with Crippen LogP contribution in [0, 0.1) is 0 Å². The molecule has 1 aromatic carbocycles. The molecule has 1 atom stereocenters. The molecule has 0 saturated heterocycles. The number of esters is 1. The van der Waals surface area contributed by atoms with E-state index in [1.54, 1.807) is 0 Å². The smallest absolute Gasteiger partial charge is 0.351 e. The maximum absolute atomic E-state index is 11.6. The number of fused-ring (bicyclic) bond motifs is 1. The third kappa shape index (κ3) is 3.54. The summed E-state index contributed by atoms with van der Waals surface area (Å²) in [5, 5.41) is 4.68. The summed E-state index contributed by atoms with van der Waals surface area (Å²) in [4.78, 5) is 16.1. The largest absolute Gasteiger partial charge is 0.493 e. The van der Waals surface area contributed by atoms with E-state index in [2.05, 4.69) is 10.3 Å². The van der Waals surface area contributed by atoms with E-state index in [1.165, 1.54) is 18.4 Å². The predicted molar refractivity (Wildman–Crippen MR) is 91.0 cm³/mol. The van der Waals surface area contributed by atoms with Crippen LogP contribution < -0.4 is 10.1 Å². The standard InChI is InChI=1S/C15H14Cl2N2O3S/c1-21-14(20)12-13(17)19-15(23-12)18-10-3-2-6-22-11-7-8(16)4-5-9(10)11/h4-5,7,10H,2-3,6H2,1H3,(H,18,19). The van der Waals surface area contributed by atoms with Gasteiger partial charge >= 0.3 is 5.97 Å². The number of anilines is 1. The van der Waals surface area contributed by atoms with Gasteiger partial charge in [-0.2, -0.15) is 0 Å². The summed E-state index contributed by atoms with van der Waals surface area (Å²) in [6.07, 6.45) is 1.77. The molecule has 0 amide bonds. The van der Waals surface area contributed by atoms with Gasteiger partial charge in [0, 0.05) is 10.6 Å². The van der Waals surface area contributed by atoms with Crippen molar-refractivity contribution in [1.82, 2.24) is 4.98 Å². The molecule has 3 rings (SSSR count). The van der Waals surface area contributed by atoms with E-state index in [0.717, 1.165) is 24.2 Å². The second kappa shape index (κ2) is 6.95. The molecule has 0 radical (unpaired) electrons. The Morgan fingerprint density at radius 1 is 1.48 bits per heavy atom. The predicted octanol–water partition coefficient (Wildman–Crippen LogP) is 4.56. The molecular formula is C15H14Cl2N2O3S. The van der Waals surface area contributed by atoms with Crippen LogP contribution in [0.5, 0.6) is 5.75 Å². The summed E-state index contributed by atoms with van der Waals surface area (Å²) in [5.41, 5.74) is 1.01. The Balaban J connectivity index is 1.87. The Bertz CT molecular complexity index is 736. The van der Waals surface area contributed by atoms with Crippen LogP contribution >= 0.6 is 34.5 Å². The monoisotopic (exact) mass is 372 g/mol. The van der Waals surface area contributed by atoms with Gasteiger partial charge in [-0.15, -0.1) is 0 Å². The number of carbonyl (C=O) groups excluding carboxylic acids is 1. The van der Waals surface area contributed by atoms with Crippen LogP contribution in [-0.4, -0.2) is 24.7 Å². The minimum Gasteiger partial charge on any atom is -0.493 e. The molecule has 0 aliphatic carbocycles. The first-order chi connectivity index (χ1) is 11.1. The lowest BCUT2D eigenvalue weighted by Crippen LogP contribution is -2.09. The minimum absolute atomic E-state index is 0.0116. The zero-order valence-electron chi connectivity index (χ0n) is 12.3. The summed E-state index contributed by atoms with van der Waals surface area (Å²) < 4.78 is 10.4. The normalized spacial score (nSPS) is 16.9. The maximum atomic E-state index is 11.6. The summed E-state index contributed by atoms with van der Waals surface area (Å²) in [6.45, 7) is 0.636. The molecular weight excluding hydrogens is 359 g/mol. The first-order valence-corrected chi connectivity index (χ1v) is 8.59. The molecule has 1 aromatic heterocycles. The number of halogens is 2. The highest BCUT2D eigenvalue weighted by Crippen LogP contribution is 2.37. The van der Waals surface area contributed by atoms with Gasteiger partial charge < -0.3 is 14.8 Å². The molecule has 1 N–H and O–H groups in total. The number of thiazole rings is 1. The number of carbonyl (C=O) groups is 1. The Labute approximate surface area is 147 Å². The molecule has 23 heavy (non-hydrogen) atoms. The van der Waals surface area contributed by atoms with Crippen LogP contribution in [0.15, 0.2) is 18.2 Å². The van der Waals surface area contributed by atoms with E-state index >= 15 is 0 Å². The quantitative estimate of drug-likeness (QED) is 0.799. The van der Waals surface area contributed by atoms with Gasteiger partial charge in [-0.3, -0.25) is 0 Å². The zero-order valence-corrected chi connectivity index (χ0v) is 14.6. The van der Waals surface area contributed by atoms with Gasteiger partial charge in [-0.25, -0.2) is 9.78 Å². The number of hydrogen-bond acceptors (Lipinski definition) is 6. The number of ether oxygens (including phenoxy) is 2. The number of methoxy groups -OCH3 is 1. The molecule has 2 aromatic rings. The Morgan fingerprint density at radius 2 is 2.30 bits per heavy atom. The van der Waals surface area contributed by atoms with Crippen molar-refractivity contribution in [3.05, 3.63) is 38.8 Å². The van der Waals surface area contributed by atoms with Gasteiger partial charge in [0.15, 0.2) is 15.2 Å². The van der Waals surface area contributed by atoms with Crippen molar-refractivity contribution in [3.63, 3.8) is 0 Å². The second-order valence-corrected chi connectivity index (χ2v) is 6.79. The molecule has 122 valence electrons. The van der Waals surface area contributed by atoms with Crippen LogP contribution in [0.2, 0.25) is 10.2 Å². The molecule has 1 aliphatic heterocycles. The molecule has 2 heterocycles. The van der Waals surface area contributed by atoms with Crippen molar-refractivity contribution in [2.24, 2.45) is 0 Å². The van der Waals surface area contributed by atoms with Crippen molar-refractivity contribution in [3.8, 4) is 5.75 Å². The molecule has 1 unspecified atom stereocenters. The number of aromatic nitrogens is 1. The first kappa shape index (κ1) is 16.4. The van der Waals surface area contributed by atoms with Crippen LogP contribution in [0.25, 0.3) is 0 Å². The van der Waals surface area contributed by atoms with Gasteiger partial charge in [0.05, 0.1) is 19.8 Å². The lowest BCUT2D eigenvalue weighted by molar-refractivity contribution is 0.0606. The van der Waals surface area contributed by atoms with Gasteiger partial charge in [-0.1, -0.05) is 40.6 Å². The summed E-state index contributed by atoms with van der Waals surface area (Å²) >= 11 is 13.2. The van der Waals surface area contributed by atoms with Gasteiger partial charge in [0.2, 0.25) is 0 Å². The Morgan fingerprint density at radius 3 is 3.09 bits per heavy atom. The third-order valence-corrected chi connectivity index (χ3v) is 5.09. The van der Waals surface area contributed by atoms with Gasteiger partial charge in [-0.05, 0) is 25.0 Å². The third-order valence-electron chi connectivity index (χ3n) is 3.50. The van der Waals surface area contributed by atoms with Gasteiger partial charge in [0.1, 0.15) is 5.75 Å². The number of nitrogens with one attached hydrogen (secondary N) is 1. The summed E-state index contributed by atoms with van der Waals surface area (Å²) in [5.74, 6) is 0.278. The van der Waals surface area contributed by atoms with Crippen molar-refractivity contribution < 1.29 is 14.3 Å². The highest BCUT2D eigenvalue weighted by atomic mass is 35.5. The van der Waals surface area contributed by atoms with Crippen molar-refractivity contribution in [2.75, 3.05) is 19.0 Å². The fraction of sp³-hybridized carbons (Fsp3) is 0.333. The topological polar surface area (TPSA) is 60.5 Å². The second-order valence-electron chi connectivity index (χ2n) is 5.00. The zero-order chi connectivity index (χ0) is 16.4. The highest BCUT2D eigenvalue weighted by molar-refractivity contribution is 7.18. The van der Waals surface area contributed by atoms with E-state index < -0.39 is 5.97 Å². The van der Waals surface area contributed by atoms with Crippen LogP contribution in [0.3, 0.4) is 0 Å². The van der Waals surface area contributed by atoms with Crippen LogP contribution in [0.4, 0.5) is 5.13 Å². The van der Waals surface area contributed by atoms with Crippen molar-refractivity contribution >= 4 is 45.6 Å². The average molecular weight is 373 g/mol. The van der Waals surface area contributed by atoms with E-state index in [0.29, 0.717) is 16.8 Å². The Hall–Kier alpha value is -1.50. The number of hydrogen-bond donors (Lipinski definition) is 1. The molecule has 1 aliphatic rings. The highest BCUT2D eigenvalue weighted by Gasteiger charge is 2.23. The van der Waals surface area contributed by atoms with Gasteiger partial charge in [0.25, 0.3) is 0 Å². The van der Waals surface area contributed by atoms with E-state index in [9.17, 15) is 4.79 Å². The van der Waals surface area contributed by atoms with Crippen molar-refractivity contribution in [1.29, 1.82) is 0 Å². The molecule has 0 fully saturated rings. The number of benzene rings is 1. The van der Waals surface area contributed by atoms with Crippen molar-refractivity contribution in [2.45, 2.75) is 18.9 Å². The number of rotatable bonds is 3. The fourth-order valence-corrected chi connectivity index (χ4v) is 3.74. The summed E-state index contributed by atoms with van der Waals surface area (Å²) in [6, 6.07) is 5.60. The van der Waals surface area contributed by atoms with E-state index in [-0.39, 0.29) is 16.1 Å². The molecule has 0 saturated carbocycles. The minimum atomic E-state index is -0.489. The lowest BCUT2D eigenvalue weighted by Gasteiger charge is -2.17. The SMILES string of the molecule is COC(=O)c1sc(NC2CCCOc3cc(Cl)ccc32)nc1Cl. The summed E-state index contributed by atoms with van der Waals surface area (Å²) in [7, 11) is 1.31. The van der Waals surface area contributed by atoms with E-state index in [1.807, 2.05) is 18.2 Å².